The second kappa shape index (κ2) is 5.49. The maximum absolute atomic E-state index is 4.47. The van der Waals surface area contributed by atoms with Crippen molar-refractivity contribution in [3.8, 4) is 0 Å². The Balaban J connectivity index is 2.00. The molecule has 96 valence electrons. The first-order chi connectivity index (χ1) is 8.56. The summed E-state index contributed by atoms with van der Waals surface area (Å²) in [7, 11) is 0. The van der Waals surface area contributed by atoms with Crippen LogP contribution in [0.25, 0.3) is 10.9 Å². The number of aromatic nitrogens is 1. The summed E-state index contributed by atoms with van der Waals surface area (Å²) in [6.45, 7) is 8.76. The van der Waals surface area contributed by atoms with Gasteiger partial charge in [0.1, 0.15) is 0 Å². The summed E-state index contributed by atoms with van der Waals surface area (Å²) in [6, 6.07) is 10.5. The molecule has 0 bridgehead atoms. The van der Waals surface area contributed by atoms with Crippen molar-refractivity contribution in [2.45, 2.75) is 33.7 Å². The van der Waals surface area contributed by atoms with Crippen molar-refractivity contribution in [2.75, 3.05) is 6.54 Å². The predicted molar refractivity (Wildman–Crippen MR) is 77.5 cm³/mol. The van der Waals surface area contributed by atoms with Crippen molar-refractivity contribution in [3.63, 3.8) is 0 Å². The molecule has 18 heavy (non-hydrogen) atoms. The van der Waals surface area contributed by atoms with E-state index >= 15 is 0 Å². The molecule has 1 aromatic carbocycles. The van der Waals surface area contributed by atoms with Gasteiger partial charge in [-0.2, -0.15) is 0 Å². The molecular formula is C16H22N2. The Bertz CT molecular complexity index is 506. The van der Waals surface area contributed by atoms with Gasteiger partial charge in [-0.25, -0.2) is 0 Å². The quantitative estimate of drug-likeness (QED) is 0.826. The van der Waals surface area contributed by atoms with Gasteiger partial charge in [-0.15, -0.1) is 0 Å². The average Bonchev–Trinajstić information content (AvgIpc) is 2.33. The Morgan fingerprint density at radius 3 is 2.67 bits per heavy atom. The van der Waals surface area contributed by atoms with Gasteiger partial charge in [-0.1, -0.05) is 45.0 Å². The minimum Gasteiger partial charge on any atom is -0.313 e. The van der Waals surface area contributed by atoms with Gasteiger partial charge < -0.3 is 5.32 Å². The monoisotopic (exact) mass is 242 g/mol. The summed E-state index contributed by atoms with van der Waals surface area (Å²) in [6.07, 6.45) is 3.05. The number of para-hydroxylation sites is 1. The lowest BCUT2D eigenvalue weighted by Gasteiger charge is -2.18. The first-order valence-electron chi connectivity index (χ1n) is 6.60. The minimum absolute atomic E-state index is 0.393. The number of hydrogen-bond donors (Lipinski definition) is 1. The van der Waals surface area contributed by atoms with Crippen molar-refractivity contribution >= 4 is 10.9 Å². The number of benzene rings is 1. The fourth-order valence-electron chi connectivity index (χ4n) is 2.00. The fourth-order valence-corrected chi connectivity index (χ4v) is 2.00. The predicted octanol–water partition coefficient (Wildman–Crippen LogP) is 3.76. The maximum Gasteiger partial charge on any atom is 0.0746 e. The summed E-state index contributed by atoms with van der Waals surface area (Å²) in [5.41, 5.74) is 2.79. The highest BCUT2D eigenvalue weighted by Crippen LogP contribution is 2.18. The largest absolute Gasteiger partial charge is 0.313 e. The topological polar surface area (TPSA) is 24.9 Å². The molecule has 0 spiro atoms. The molecule has 0 aliphatic heterocycles. The van der Waals surface area contributed by atoms with Crippen LogP contribution in [0.15, 0.2) is 36.5 Å². The molecule has 2 nitrogen and oxygen atoms in total. The lowest BCUT2D eigenvalue weighted by Crippen LogP contribution is -2.20. The smallest absolute Gasteiger partial charge is 0.0746 e. The minimum atomic E-state index is 0.393. The SMILES string of the molecule is CC(C)(C)CCNCc1cccc2cccnc12. The van der Waals surface area contributed by atoms with Gasteiger partial charge in [0, 0.05) is 18.1 Å². The van der Waals surface area contributed by atoms with Crippen LogP contribution >= 0.6 is 0 Å². The molecule has 0 saturated heterocycles. The number of nitrogens with one attached hydrogen (secondary N) is 1. The molecule has 0 aliphatic carbocycles. The van der Waals surface area contributed by atoms with E-state index in [1.165, 1.54) is 17.4 Å². The molecule has 1 N–H and O–H groups in total. The Kier molecular flexibility index (Phi) is 3.97. The second-order valence-electron chi connectivity index (χ2n) is 5.98. The second-order valence-corrected chi connectivity index (χ2v) is 5.98. The molecule has 2 heteroatoms. The van der Waals surface area contributed by atoms with Crippen LogP contribution in [0.5, 0.6) is 0 Å². The normalized spacial score (nSPS) is 11.9. The van der Waals surface area contributed by atoms with E-state index in [-0.39, 0.29) is 0 Å². The highest BCUT2D eigenvalue weighted by Gasteiger charge is 2.09. The van der Waals surface area contributed by atoms with E-state index in [4.69, 9.17) is 0 Å². The van der Waals surface area contributed by atoms with E-state index in [0.717, 1.165) is 18.6 Å². The molecule has 0 saturated carbocycles. The molecule has 0 unspecified atom stereocenters. The summed E-state index contributed by atoms with van der Waals surface area (Å²) in [5.74, 6) is 0. The van der Waals surface area contributed by atoms with Gasteiger partial charge in [0.2, 0.25) is 0 Å². The molecule has 0 aliphatic rings. The average molecular weight is 242 g/mol. The standard InChI is InChI=1S/C16H22N2/c1-16(2,3)9-11-17-12-14-7-4-6-13-8-5-10-18-15(13)14/h4-8,10,17H,9,11-12H2,1-3H3. The van der Waals surface area contributed by atoms with E-state index in [2.05, 4.69) is 55.3 Å². The molecule has 0 fully saturated rings. The van der Waals surface area contributed by atoms with Crippen LogP contribution in [0.4, 0.5) is 0 Å². The number of pyridine rings is 1. The van der Waals surface area contributed by atoms with E-state index in [1.54, 1.807) is 0 Å². The van der Waals surface area contributed by atoms with Gasteiger partial charge in [-0.3, -0.25) is 4.98 Å². The number of hydrogen-bond acceptors (Lipinski definition) is 2. The number of fused-ring (bicyclic) bond motifs is 1. The van der Waals surface area contributed by atoms with Crippen LogP contribution in [0, 0.1) is 5.41 Å². The third-order valence-electron chi connectivity index (χ3n) is 3.08. The zero-order chi connectivity index (χ0) is 13.0. The maximum atomic E-state index is 4.47. The molecule has 0 radical (unpaired) electrons. The molecule has 2 rings (SSSR count). The van der Waals surface area contributed by atoms with Gasteiger partial charge in [0.25, 0.3) is 0 Å². The zero-order valence-corrected chi connectivity index (χ0v) is 11.5. The van der Waals surface area contributed by atoms with E-state index in [0.29, 0.717) is 5.41 Å². The van der Waals surface area contributed by atoms with Crippen molar-refractivity contribution < 1.29 is 0 Å². The summed E-state index contributed by atoms with van der Waals surface area (Å²) >= 11 is 0. The highest BCUT2D eigenvalue weighted by molar-refractivity contribution is 5.81. The lowest BCUT2D eigenvalue weighted by molar-refractivity contribution is 0.367. The molecule has 1 heterocycles. The van der Waals surface area contributed by atoms with Crippen LogP contribution in [-0.4, -0.2) is 11.5 Å². The van der Waals surface area contributed by atoms with Crippen LogP contribution in [0.2, 0.25) is 0 Å². The number of nitrogens with zero attached hydrogens (tertiary/aromatic N) is 1. The third kappa shape index (κ3) is 3.54. The molecule has 2 aromatic rings. The molecule has 1 aromatic heterocycles. The Labute approximate surface area is 109 Å². The van der Waals surface area contributed by atoms with Crippen LogP contribution in [-0.2, 0) is 6.54 Å². The summed E-state index contributed by atoms with van der Waals surface area (Å²) < 4.78 is 0. The molecular weight excluding hydrogens is 220 g/mol. The highest BCUT2D eigenvalue weighted by atomic mass is 14.9. The molecule has 0 atom stereocenters. The van der Waals surface area contributed by atoms with E-state index < -0.39 is 0 Å². The van der Waals surface area contributed by atoms with Crippen molar-refractivity contribution in [1.29, 1.82) is 0 Å². The Morgan fingerprint density at radius 1 is 1.11 bits per heavy atom. The first-order valence-corrected chi connectivity index (χ1v) is 6.60. The first kappa shape index (κ1) is 13.0. The van der Waals surface area contributed by atoms with Gasteiger partial charge in [0.15, 0.2) is 0 Å². The fraction of sp³-hybridized carbons (Fsp3) is 0.438. The Hall–Kier alpha value is -1.41. The van der Waals surface area contributed by atoms with E-state index in [9.17, 15) is 0 Å². The summed E-state index contributed by atoms with van der Waals surface area (Å²) in [5, 5.41) is 4.73. The molecule has 0 amide bonds. The zero-order valence-electron chi connectivity index (χ0n) is 11.5. The van der Waals surface area contributed by atoms with Gasteiger partial charge in [-0.05, 0) is 30.0 Å². The summed E-state index contributed by atoms with van der Waals surface area (Å²) in [4.78, 5) is 4.47. The number of rotatable bonds is 4. The van der Waals surface area contributed by atoms with Crippen molar-refractivity contribution in [1.82, 2.24) is 10.3 Å². The van der Waals surface area contributed by atoms with Crippen molar-refractivity contribution in [3.05, 3.63) is 42.1 Å². The van der Waals surface area contributed by atoms with E-state index in [1.807, 2.05) is 12.3 Å². The Morgan fingerprint density at radius 2 is 1.89 bits per heavy atom. The van der Waals surface area contributed by atoms with Crippen LogP contribution in [0.3, 0.4) is 0 Å². The van der Waals surface area contributed by atoms with Crippen LogP contribution < -0.4 is 5.32 Å². The van der Waals surface area contributed by atoms with Gasteiger partial charge in [0.05, 0.1) is 5.52 Å². The van der Waals surface area contributed by atoms with Crippen LogP contribution in [0.1, 0.15) is 32.8 Å². The lowest BCUT2D eigenvalue weighted by atomic mass is 9.92. The van der Waals surface area contributed by atoms with Crippen molar-refractivity contribution in [2.24, 2.45) is 5.41 Å². The van der Waals surface area contributed by atoms with Gasteiger partial charge >= 0.3 is 0 Å². The third-order valence-corrected chi connectivity index (χ3v) is 3.08.